The van der Waals surface area contributed by atoms with Gasteiger partial charge in [0.25, 0.3) is 5.91 Å². The van der Waals surface area contributed by atoms with Crippen LogP contribution in [0.5, 0.6) is 5.75 Å². The smallest absolute Gasteiger partial charge is 0.256 e. The van der Waals surface area contributed by atoms with E-state index in [9.17, 15) is 19.4 Å². The number of ether oxygens (including phenoxy) is 1. The number of piperidine rings is 1. The Morgan fingerprint density at radius 3 is 2.78 bits per heavy atom. The van der Waals surface area contributed by atoms with Gasteiger partial charge in [-0.15, -0.1) is 0 Å². The average molecular weight is 380 g/mol. The molecular formula is C20H29FN2O4. The fraction of sp³-hybridized carbons (Fsp3) is 0.650. The van der Waals surface area contributed by atoms with E-state index in [-0.39, 0.29) is 31.1 Å². The summed E-state index contributed by atoms with van der Waals surface area (Å²) in [5.74, 6) is -0.219. The molecule has 1 aromatic rings. The minimum atomic E-state index is -1.47. The van der Waals surface area contributed by atoms with E-state index >= 15 is 0 Å². The Kier molecular flexibility index (Phi) is 6.34. The highest BCUT2D eigenvalue weighted by atomic mass is 19.1. The predicted molar refractivity (Wildman–Crippen MR) is 98.8 cm³/mol. The summed E-state index contributed by atoms with van der Waals surface area (Å²) in [6, 6.07) is 4.66. The first-order valence-electron chi connectivity index (χ1n) is 9.67. The van der Waals surface area contributed by atoms with Crippen LogP contribution in [0.15, 0.2) is 18.2 Å². The molecule has 1 aromatic carbocycles. The number of likely N-dealkylation sites (tertiary alicyclic amines) is 1. The maximum atomic E-state index is 14.1. The summed E-state index contributed by atoms with van der Waals surface area (Å²) in [6.45, 7) is 0.789. The Hall–Kier alpha value is -1.70. The zero-order valence-corrected chi connectivity index (χ0v) is 15.8. The largest absolute Gasteiger partial charge is 0.497 e. The van der Waals surface area contributed by atoms with Crippen molar-refractivity contribution in [3.05, 3.63) is 29.6 Å². The van der Waals surface area contributed by atoms with Crippen LogP contribution in [0.3, 0.4) is 0 Å². The van der Waals surface area contributed by atoms with Crippen molar-refractivity contribution in [3.8, 4) is 5.75 Å². The Balaban J connectivity index is 1.62. The van der Waals surface area contributed by atoms with E-state index in [1.807, 2.05) is 0 Å². The first kappa shape index (κ1) is 20.0. The second kappa shape index (κ2) is 8.54. The Bertz CT molecular complexity index is 663. The van der Waals surface area contributed by atoms with E-state index in [2.05, 4.69) is 5.32 Å². The molecule has 1 atom stereocenters. The summed E-state index contributed by atoms with van der Waals surface area (Å²) < 4.78 is 19.2. The molecule has 1 aliphatic carbocycles. The molecule has 1 saturated carbocycles. The van der Waals surface area contributed by atoms with E-state index in [0.717, 1.165) is 25.7 Å². The van der Waals surface area contributed by atoms with Crippen LogP contribution in [-0.2, 0) is 11.3 Å². The number of methoxy groups -OCH3 is 1. The van der Waals surface area contributed by atoms with Crippen LogP contribution < -0.4 is 10.1 Å². The van der Waals surface area contributed by atoms with Gasteiger partial charge in [0, 0.05) is 31.2 Å². The number of aliphatic hydroxyl groups is 2. The van der Waals surface area contributed by atoms with Crippen LogP contribution in [0.25, 0.3) is 0 Å². The minimum absolute atomic E-state index is 0.111. The van der Waals surface area contributed by atoms with Gasteiger partial charge in [-0.05, 0) is 56.7 Å². The lowest BCUT2D eigenvalue weighted by molar-refractivity contribution is -0.157. The van der Waals surface area contributed by atoms with Gasteiger partial charge in [-0.25, -0.2) is 4.39 Å². The van der Waals surface area contributed by atoms with Crippen molar-refractivity contribution in [2.24, 2.45) is 0 Å². The first-order valence-corrected chi connectivity index (χ1v) is 9.67. The summed E-state index contributed by atoms with van der Waals surface area (Å²) in [5.41, 5.74) is -1.09. The number of aliphatic hydroxyl groups excluding tert-OH is 1. The lowest BCUT2D eigenvalue weighted by atomic mass is 9.89. The average Bonchev–Trinajstić information content (AvgIpc) is 2.67. The van der Waals surface area contributed by atoms with Crippen molar-refractivity contribution < 1.29 is 24.1 Å². The van der Waals surface area contributed by atoms with Crippen molar-refractivity contribution in [2.75, 3.05) is 20.2 Å². The monoisotopic (exact) mass is 380 g/mol. The molecule has 2 fully saturated rings. The van der Waals surface area contributed by atoms with Gasteiger partial charge < -0.3 is 25.2 Å². The van der Waals surface area contributed by atoms with Gasteiger partial charge in [0.1, 0.15) is 11.6 Å². The van der Waals surface area contributed by atoms with Crippen LogP contribution in [0, 0.1) is 5.82 Å². The molecule has 0 bridgehead atoms. The molecule has 6 nitrogen and oxygen atoms in total. The highest BCUT2D eigenvalue weighted by molar-refractivity contribution is 5.86. The molecule has 0 spiro atoms. The molecule has 1 saturated heterocycles. The first-order chi connectivity index (χ1) is 12.9. The SMILES string of the molecule is COc1ccc(F)c(CN2CCCC(O)(CNC3CCC(O)CC3)C2=O)c1. The van der Waals surface area contributed by atoms with Crippen LogP contribution in [0.4, 0.5) is 4.39 Å². The van der Waals surface area contributed by atoms with E-state index in [0.29, 0.717) is 30.7 Å². The maximum absolute atomic E-state index is 14.1. The standard InChI is InChI=1S/C20H29FN2O4/c1-27-17-7-8-18(21)14(11-17)12-23-10-2-9-20(26,19(23)25)13-22-15-3-5-16(24)6-4-15/h7-8,11,15-16,22,24,26H,2-6,9-10,12-13H2,1H3. The predicted octanol–water partition coefficient (Wildman–Crippen LogP) is 1.58. The number of amides is 1. The van der Waals surface area contributed by atoms with Crippen molar-refractivity contribution in [3.63, 3.8) is 0 Å². The van der Waals surface area contributed by atoms with E-state index in [1.165, 1.54) is 24.1 Å². The van der Waals surface area contributed by atoms with Crippen LogP contribution >= 0.6 is 0 Å². The van der Waals surface area contributed by atoms with Crippen molar-refractivity contribution >= 4 is 5.91 Å². The Labute approximate surface area is 159 Å². The molecule has 7 heteroatoms. The lowest BCUT2D eigenvalue weighted by Crippen LogP contribution is -2.59. The van der Waals surface area contributed by atoms with E-state index < -0.39 is 11.4 Å². The summed E-state index contributed by atoms with van der Waals surface area (Å²) >= 11 is 0. The van der Waals surface area contributed by atoms with Gasteiger partial charge in [-0.2, -0.15) is 0 Å². The summed E-state index contributed by atoms with van der Waals surface area (Å²) in [6.07, 6.45) is 3.98. The number of nitrogens with zero attached hydrogens (tertiary/aromatic N) is 1. The van der Waals surface area contributed by atoms with Crippen LogP contribution in [-0.4, -0.2) is 59.0 Å². The molecule has 0 aromatic heterocycles. The molecule has 27 heavy (non-hydrogen) atoms. The molecule has 1 unspecified atom stereocenters. The van der Waals surface area contributed by atoms with Crippen molar-refractivity contribution in [1.29, 1.82) is 0 Å². The van der Waals surface area contributed by atoms with Gasteiger partial charge in [-0.1, -0.05) is 0 Å². The third-order valence-corrected chi connectivity index (χ3v) is 5.70. The van der Waals surface area contributed by atoms with Gasteiger partial charge in [0.15, 0.2) is 5.60 Å². The van der Waals surface area contributed by atoms with Gasteiger partial charge in [0.05, 0.1) is 13.2 Å². The highest BCUT2D eigenvalue weighted by Crippen LogP contribution is 2.27. The maximum Gasteiger partial charge on any atom is 0.256 e. The summed E-state index contributed by atoms with van der Waals surface area (Å²) in [5, 5.41) is 23.8. The second-order valence-corrected chi connectivity index (χ2v) is 7.71. The van der Waals surface area contributed by atoms with Crippen molar-refractivity contribution in [1.82, 2.24) is 10.2 Å². The molecular weight excluding hydrogens is 351 g/mol. The molecule has 150 valence electrons. The minimum Gasteiger partial charge on any atom is -0.497 e. The number of halogens is 1. The van der Waals surface area contributed by atoms with Crippen LogP contribution in [0.1, 0.15) is 44.1 Å². The fourth-order valence-corrected chi connectivity index (χ4v) is 3.98. The molecule has 1 aliphatic heterocycles. The highest BCUT2D eigenvalue weighted by Gasteiger charge is 2.42. The molecule has 3 N–H and O–H groups in total. The number of carbonyl (C=O) groups is 1. The zero-order valence-electron chi connectivity index (χ0n) is 15.8. The Morgan fingerprint density at radius 1 is 1.33 bits per heavy atom. The normalized spacial score (nSPS) is 29.0. The van der Waals surface area contributed by atoms with E-state index in [1.54, 1.807) is 6.07 Å². The summed E-state index contributed by atoms with van der Waals surface area (Å²) in [7, 11) is 1.51. The van der Waals surface area contributed by atoms with Gasteiger partial charge in [-0.3, -0.25) is 4.79 Å². The molecule has 1 amide bonds. The Morgan fingerprint density at radius 2 is 2.07 bits per heavy atom. The zero-order chi connectivity index (χ0) is 19.4. The second-order valence-electron chi connectivity index (χ2n) is 7.71. The lowest BCUT2D eigenvalue weighted by Gasteiger charge is -2.39. The van der Waals surface area contributed by atoms with E-state index in [4.69, 9.17) is 4.74 Å². The number of carbonyl (C=O) groups excluding carboxylic acids is 1. The summed E-state index contributed by atoms with van der Waals surface area (Å²) in [4.78, 5) is 14.4. The number of hydrogen-bond donors (Lipinski definition) is 3. The van der Waals surface area contributed by atoms with Gasteiger partial charge in [0.2, 0.25) is 0 Å². The third kappa shape index (κ3) is 4.78. The van der Waals surface area contributed by atoms with Gasteiger partial charge >= 0.3 is 0 Å². The number of nitrogens with one attached hydrogen (secondary N) is 1. The molecule has 3 rings (SSSR count). The fourth-order valence-electron chi connectivity index (χ4n) is 3.98. The molecule has 1 heterocycles. The van der Waals surface area contributed by atoms with Crippen molar-refractivity contribution in [2.45, 2.75) is 62.8 Å². The number of benzene rings is 1. The molecule has 2 aliphatic rings. The number of hydrogen-bond acceptors (Lipinski definition) is 5. The number of rotatable bonds is 6. The molecule has 0 radical (unpaired) electrons. The topological polar surface area (TPSA) is 82.0 Å². The third-order valence-electron chi connectivity index (χ3n) is 5.70. The van der Waals surface area contributed by atoms with Crippen LogP contribution in [0.2, 0.25) is 0 Å². The quantitative estimate of drug-likeness (QED) is 0.698.